The van der Waals surface area contributed by atoms with Crippen LogP contribution in [0.25, 0.3) is 10.9 Å². The zero-order valence-electron chi connectivity index (χ0n) is 18.9. The maximum atomic E-state index is 14.2. The third-order valence-corrected chi connectivity index (χ3v) is 6.84. The Bertz CT molecular complexity index is 1180. The molecule has 1 atom stereocenters. The molecule has 1 fully saturated rings. The Balaban J connectivity index is 1.45. The van der Waals surface area contributed by atoms with Gasteiger partial charge in [-0.15, -0.1) is 0 Å². The third-order valence-electron chi connectivity index (χ3n) is 6.84. The molecule has 2 heterocycles. The fourth-order valence-electron chi connectivity index (χ4n) is 4.98. The van der Waals surface area contributed by atoms with Crippen molar-refractivity contribution < 1.29 is 9.53 Å². The summed E-state index contributed by atoms with van der Waals surface area (Å²) in [5.41, 5.74) is 3.52. The number of aromatic amines is 1. The summed E-state index contributed by atoms with van der Waals surface area (Å²) in [6.45, 7) is 4.51. The summed E-state index contributed by atoms with van der Waals surface area (Å²) < 4.78 is 5.96. The van der Waals surface area contributed by atoms with Gasteiger partial charge in [0.15, 0.2) is 0 Å². The molecule has 0 aliphatic carbocycles. The number of ether oxygens (including phenoxy) is 1. The molecule has 33 heavy (non-hydrogen) atoms. The van der Waals surface area contributed by atoms with E-state index in [1.54, 1.807) is 0 Å². The van der Waals surface area contributed by atoms with Gasteiger partial charge in [-0.05, 0) is 36.1 Å². The van der Waals surface area contributed by atoms with Crippen LogP contribution in [0, 0.1) is 5.92 Å². The first-order chi connectivity index (χ1) is 16.2. The number of carbonyl (C=O) groups is 1. The molecule has 1 aromatic heterocycles. The van der Waals surface area contributed by atoms with Gasteiger partial charge < -0.3 is 9.64 Å². The molecule has 1 aliphatic rings. The molecule has 0 bridgehead atoms. The topological polar surface area (TPSA) is 58.2 Å². The number of hydrogen-bond donors (Lipinski definition) is 1. The first-order valence-corrected chi connectivity index (χ1v) is 11.6. The van der Waals surface area contributed by atoms with Gasteiger partial charge in [0.2, 0.25) is 5.91 Å². The van der Waals surface area contributed by atoms with E-state index in [1.165, 1.54) is 5.56 Å². The predicted octanol–water partition coefficient (Wildman–Crippen LogP) is 4.59. The highest BCUT2D eigenvalue weighted by atomic mass is 16.5. The fraction of sp³-hybridized carbons (Fsp3) is 0.286. The third kappa shape index (κ3) is 4.16. The Kier molecular flexibility index (Phi) is 5.97. The number of H-pyrrole nitrogens is 1. The summed E-state index contributed by atoms with van der Waals surface area (Å²) in [4.78, 5) is 16.2. The van der Waals surface area contributed by atoms with Gasteiger partial charge >= 0.3 is 0 Å². The first-order valence-electron chi connectivity index (χ1n) is 11.6. The van der Waals surface area contributed by atoms with E-state index >= 15 is 0 Å². The quantitative estimate of drug-likeness (QED) is 0.495. The van der Waals surface area contributed by atoms with E-state index in [0.29, 0.717) is 26.3 Å². The largest absolute Gasteiger partial charge is 0.379 e. The normalized spacial score (nSPS) is 17.1. The minimum absolute atomic E-state index is 0.122. The Morgan fingerprint density at radius 1 is 1.03 bits per heavy atom. The van der Waals surface area contributed by atoms with Gasteiger partial charge in [-0.3, -0.25) is 9.89 Å². The molecule has 1 aliphatic heterocycles. The van der Waals surface area contributed by atoms with E-state index in [4.69, 9.17) is 4.74 Å². The second kappa shape index (κ2) is 9.20. The molecule has 0 spiro atoms. The molecule has 5 rings (SSSR count). The molecule has 5 nitrogen and oxygen atoms in total. The average Bonchev–Trinajstić information content (AvgIpc) is 3.24. The van der Waals surface area contributed by atoms with Crippen LogP contribution in [0.3, 0.4) is 0 Å². The molecule has 4 aromatic rings. The molecule has 1 saturated heterocycles. The van der Waals surface area contributed by atoms with Gasteiger partial charge in [-0.1, -0.05) is 72.8 Å². The van der Waals surface area contributed by atoms with Crippen LogP contribution in [0.4, 0.5) is 0 Å². The standard InChI is InChI=1S/C28H29N3O2/c1-28(23-10-4-2-5-11-23,24-12-6-3-7-13-24)27(32)31-15-16-33-20-21(19-31)17-22-9-8-14-26-25(22)18-29-30-26/h2-14,18,21H,15-17,19-20H2,1H3,(H,29,30). The zero-order valence-corrected chi connectivity index (χ0v) is 18.9. The van der Waals surface area contributed by atoms with Crippen molar-refractivity contribution in [3.05, 3.63) is 102 Å². The van der Waals surface area contributed by atoms with Gasteiger partial charge in [0, 0.05) is 24.4 Å². The summed E-state index contributed by atoms with van der Waals surface area (Å²) >= 11 is 0. The second-order valence-electron chi connectivity index (χ2n) is 9.00. The van der Waals surface area contributed by atoms with Gasteiger partial charge in [0.1, 0.15) is 0 Å². The van der Waals surface area contributed by atoms with Crippen molar-refractivity contribution in [2.24, 2.45) is 5.92 Å². The number of hydrogen-bond acceptors (Lipinski definition) is 3. The summed E-state index contributed by atoms with van der Waals surface area (Å²) in [5.74, 6) is 0.338. The molecule has 5 heteroatoms. The number of nitrogens with one attached hydrogen (secondary N) is 1. The highest BCUT2D eigenvalue weighted by Gasteiger charge is 2.41. The number of fused-ring (bicyclic) bond motifs is 1. The van der Waals surface area contributed by atoms with E-state index in [1.807, 2.05) is 60.5 Å². The van der Waals surface area contributed by atoms with Crippen LogP contribution < -0.4 is 0 Å². The van der Waals surface area contributed by atoms with E-state index in [9.17, 15) is 4.79 Å². The predicted molar refractivity (Wildman–Crippen MR) is 130 cm³/mol. The summed E-state index contributed by atoms with van der Waals surface area (Å²) in [7, 11) is 0. The minimum Gasteiger partial charge on any atom is -0.379 e. The van der Waals surface area contributed by atoms with E-state index < -0.39 is 5.41 Å². The van der Waals surface area contributed by atoms with Crippen molar-refractivity contribution in [2.45, 2.75) is 18.8 Å². The van der Waals surface area contributed by atoms with Crippen molar-refractivity contribution >= 4 is 16.8 Å². The average molecular weight is 440 g/mol. The maximum absolute atomic E-state index is 14.2. The monoisotopic (exact) mass is 439 g/mol. The Morgan fingerprint density at radius 3 is 2.42 bits per heavy atom. The van der Waals surface area contributed by atoms with E-state index in [2.05, 4.69) is 46.6 Å². The number of nitrogens with zero attached hydrogens (tertiary/aromatic N) is 2. The lowest BCUT2D eigenvalue weighted by atomic mass is 9.75. The van der Waals surface area contributed by atoms with Crippen LogP contribution in [0.15, 0.2) is 85.1 Å². The Hall–Kier alpha value is -3.44. The van der Waals surface area contributed by atoms with Crippen LogP contribution in [0.1, 0.15) is 23.6 Å². The van der Waals surface area contributed by atoms with Gasteiger partial charge in [0.25, 0.3) is 0 Å². The summed E-state index contributed by atoms with van der Waals surface area (Å²) in [5, 5.41) is 8.38. The molecule has 3 aromatic carbocycles. The van der Waals surface area contributed by atoms with Crippen molar-refractivity contribution in [2.75, 3.05) is 26.3 Å². The second-order valence-corrected chi connectivity index (χ2v) is 9.00. The summed E-state index contributed by atoms with van der Waals surface area (Å²) in [6.07, 6.45) is 2.72. The molecule has 0 radical (unpaired) electrons. The van der Waals surface area contributed by atoms with Crippen LogP contribution in [0.5, 0.6) is 0 Å². The van der Waals surface area contributed by atoms with Gasteiger partial charge in [-0.25, -0.2) is 0 Å². The molecule has 1 unspecified atom stereocenters. The first kappa shape index (κ1) is 21.4. The van der Waals surface area contributed by atoms with Crippen molar-refractivity contribution in [3.63, 3.8) is 0 Å². The number of rotatable bonds is 5. The molecular weight excluding hydrogens is 410 g/mol. The highest BCUT2D eigenvalue weighted by molar-refractivity contribution is 5.91. The van der Waals surface area contributed by atoms with Crippen LogP contribution in [-0.4, -0.2) is 47.3 Å². The lowest BCUT2D eigenvalue weighted by Crippen LogP contribution is -2.48. The summed E-state index contributed by atoms with van der Waals surface area (Å²) in [6, 6.07) is 26.4. The van der Waals surface area contributed by atoms with E-state index in [0.717, 1.165) is 28.5 Å². The smallest absolute Gasteiger partial charge is 0.237 e. The number of benzene rings is 3. The molecule has 168 valence electrons. The number of amides is 1. The minimum atomic E-state index is -0.762. The molecule has 1 N–H and O–H groups in total. The van der Waals surface area contributed by atoms with Crippen molar-refractivity contribution in [3.8, 4) is 0 Å². The maximum Gasteiger partial charge on any atom is 0.237 e. The molecular formula is C28H29N3O2. The van der Waals surface area contributed by atoms with Crippen molar-refractivity contribution in [1.82, 2.24) is 15.1 Å². The lowest BCUT2D eigenvalue weighted by molar-refractivity contribution is -0.135. The molecule has 0 saturated carbocycles. The molecule has 1 amide bonds. The van der Waals surface area contributed by atoms with E-state index in [-0.39, 0.29) is 11.8 Å². The zero-order chi connectivity index (χ0) is 22.7. The van der Waals surface area contributed by atoms with Crippen LogP contribution in [0.2, 0.25) is 0 Å². The van der Waals surface area contributed by atoms with Crippen LogP contribution in [-0.2, 0) is 21.4 Å². The number of carbonyl (C=O) groups excluding carboxylic acids is 1. The number of aromatic nitrogens is 2. The fourth-order valence-corrected chi connectivity index (χ4v) is 4.98. The lowest BCUT2D eigenvalue weighted by Gasteiger charge is -2.36. The van der Waals surface area contributed by atoms with Crippen molar-refractivity contribution in [1.29, 1.82) is 0 Å². The van der Waals surface area contributed by atoms with Gasteiger partial charge in [0.05, 0.1) is 30.3 Å². The Morgan fingerprint density at radius 2 is 1.73 bits per heavy atom. The SMILES string of the molecule is CC(C(=O)N1CCOCC(Cc2cccc3[nH]ncc23)C1)(c1ccccc1)c1ccccc1. The Labute approximate surface area is 194 Å². The van der Waals surface area contributed by atoms with Crippen LogP contribution >= 0.6 is 0 Å². The van der Waals surface area contributed by atoms with Gasteiger partial charge in [-0.2, -0.15) is 5.10 Å². The highest BCUT2D eigenvalue weighted by Crippen LogP contribution is 2.35.